The summed E-state index contributed by atoms with van der Waals surface area (Å²) in [6.45, 7) is 6.82. The Kier molecular flexibility index (Phi) is 5.08. The molecule has 0 spiro atoms. The van der Waals surface area contributed by atoms with Gasteiger partial charge in [-0.2, -0.15) is 0 Å². The first kappa shape index (κ1) is 14.6. The Morgan fingerprint density at radius 1 is 1.53 bits per heavy atom. The summed E-state index contributed by atoms with van der Waals surface area (Å²) in [6.07, 6.45) is 2.09. The predicted molar refractivity (Wildman–Crippen MR) is 81.0 cm³/mol. The number of hydrogen-bond acceptors (Lipinski definition) is 3. The number of anilines is 1. The summed E-state index contributed by atoms with van der Waals surface area (Å²) in [7, 11) is 0. The van der Waals surface area contributed by atoms with E-state index in [1.54, 1.807) is 0 Å². The van der Waals surface area contributed by atoms with Gasteiger partial charge in [-0.1, -0.05) is 24.6 Å². The van der Waals surface area contributed by atoms with Crippen LogP contribution in [0.1, 0.15) is 25.8 Å². The van der Waals surface area contributed by atoms with E-state index in [2.05, 4.69) is 36.9 Å². The van der Waals surface area contributed by atoms with Gasteiger partial charge in [0.1, 0.15) is 0 Å². The molecule has 2 rings (SSSR count). The number of hydrogen-bond donors (Lipinski definition) is 1. The molecule has 19 heavy (non-hydrogen) atoms. The molecule has 1 aromatic rings. The third kappa shape index (κ3) is 3.85. The lowest BCUT2D eigenvalue weighted by molar-refractivity contribution is 0.0532. The molecule has 0 aliphatic carbocycles. The van der Waals surface area contributed by atoms with Crippen LogP contribution >= 0.6 is 11.6 Å². The van der Waals surface area contributed by atoms with Crippen molar-refractivity contribution in [2.45, 2.75) is 38.8 Å². The van der Waals surface area contributed by atoms with Gasteiger partial charge < -0.3 is 15.4 Å². The average molecular weight is 283 g/mol. The summed E-state index contributed by atoms with van der Waals surface area (Å²) in [5.41, 5.74) is 8.30. The zero-order valence-electron chi connectivity index (χ0n) is 11.7. The Labute approximate surface area is 120 Å². The van der Waals surface area contributed by atoms with Gasteiger partial charge >= 0.3 is 0 Å². The second-order valence-corrected chi connectivity index (χ2v) is 5.68. The molecule has 1 heterocycles. The van der Waals surface area contributed by atoms with E-state index < -0.39 is 0 Å². The van der Waals surface area contributed by atoms with Gasteiger partial charge in [-0.3, -0.25) is 0 Å². The zero-order valence-corrected chi connectivity index (χ0v) is 12.5. The summed E-state index contributed by atoms with van der Waals surface area (Å²) in [4.78, 5) is 2.32. The highest BCUT2D eigenvalue weighted by molar-refractivity contribution is 6.31. The fourth-order valence-corrected chi connectivity index (χ4v) is 2.63. The average Bonchev–Trinajstić information content (AvgIpc) is 2.41. The standard InChI is InChI=1S/C15H23ClN2O/c1-3-13(17)8-12-4-5-14(9-15(12)16)18-6-7-19-11(2)10-18/h4-5,9,11,13H,3,6-8,10,17H2,1-2H3. The zero-order chi connectivity index (χ0) is 13.8. The molecule has 1 aliphatic heterocycles. The molecular formula is C15H23ClN2O. The normalized spacial score (nSPS) is 21.5. The largest absolute Gasteiger partial charge is 0.375 e. The second-order valence-electron chi connectivity index (χ2n) is 5.28. The first-order valence-electron chi connectivity index (χ1n) is 7.00. The quantitative estimate of drug-likeness (QED) is 0.923. The highest BCUT2D eigenvalue weighted by Crippen LogP contribution is 2.26. The predicted octanol–water partition coefficient (Wildman–Crippen LogP) is 2.84. The van der Waals surface area contributed by atoms with Gasteiger partial charge in [-0.05, 0) is 37.5 Å². The third-order valence-corrected chi connectivity index (χ3v) is 4.00. The Hall–Kier alpha value is -0.770. The lowest BCUT2D eigenvalue weighted by Crippen LogP contribution is -2.41. The number of nitrogens with zero attached hydrogens (tertiary/aromatic N) is 1. The fourth-order valence-electron chi connectivity index (χ4n) is 2.38. The van der Waals surface area contributed by atoms with Gasteiger partial charge in [0.05, 0.1) is 12.7 Å². The van der Waals surface area contributed by atoms with Crippen molar-refractivity contribution in [2.75, 3.05) is 24.6 Å². The van der Waals surface area contributed by atoms with E-state index in [1.807, 2.05) is 0 Å². The molecule has 1 saturated heterocycles. The Morgan fingerprint density at radius 2 is 2.32 bits per heavy atom. The maximum atomic E-state index is 6.37. The van der Waals surface area contributed by atoms with Crippen LogP contribution in [0.25, 0.3) is 0 Å². The first-order valence-corrected chi connectivity index (χ1v) is 7.38. The molecule has 0 bridgehead atoms. The van der Waals surface area contributed by atoms with Crippen molar-refractivity contribution >= 4 is 17.3 Å². The minimum atomic E-state index is 0.187. The molecular weight excluding hydrogens is 260 g/mol. The number of morpholine rings is 1. The maximum absolute atomic E-state index is 6.37. The molecule has 1 aliphatic rings. The lowest BCUT2D eigenvalue weighted by atomic mass is 10.0. The molecule has 0 saturated carbocycles. The second kappa shape index (κ2) is 6.60. The minimum Gasteiger partial charge on any atom is -0.375 e. The summed E-state index contributed by atoms with van der Waals surface area (Å²) < 4.78 is 5.56. The van der Waals surface area contributed by atoms with Crippen LogP contribution in [-0.2, 0) is 11.2 Å². The third-order valence-electron chi connectivity index (χ3n) is 3.65. The fraction of sp³-hybridized carbons (Fsp3) is 0.600. The van der Waals surface area contributed by atoms with Crippen molar-refractivity contribution in [1.82, 2.24) is 0 Å². The van der Waals surface area contributed by atoms with Gasteiger partial charge in [0.15, 0.2) is 0 Å². The Morgan fingerprint density at radius 3 is 2.95 bits per heavy atom. The van der Waals surface area contributed by atoms with Gasteiger partial charge in [0, 0.05) is 29.8 Å². The first-order chi connectivity index (χ1) is 9.10. The van der Waals surface area contributed by atoms with E-state index in [0.717, 1.165) is 43.1 Å². The Bertz CT molecular complexity index is 425. The van der Waals surface area contributed by atoms with Crippen LogP contribution in [-0.4, -0.2) is 31.8 Å². The van der Waals surface area contributed by atoms with E-state index in [-0.39, 0.29) is 12.1 Å². The summed E-state index contributed by atoms with van der Waals surface area (Å²) >= 11 is 6.37. The van der Waals surface area contributed by atoms with E-state index >= 15 is 0 Å². The van der Waals surface area contributed by atoms with Crippen molar-refractivity contribution in [3.63, 3.8) is 0 Å². The van der Waals surface area contributed by atoms with E-state index in [4.69, 9.17) is 22.1 Å². The SMILES string of the molecule is CCC(N)Cc1ccc(N2CCOC(C)C2)cc1Cl. The van der Waals surface area contributed by atoms with Crippen molar-refractivity contribution in [2.24, 2.45) is 5.73 Å². The molecule has 0 aromatic heterocycles. The molecule has 0 radical (unpaired) electrons. The molecule has 3 nitrogen and oxygen atoms in total. The number of benzene rings is 1. The molecule has 1 aromatic carbocycles. The van der Waals surface area contributed by atoms with Crippen LogP contribution in [0.5, 0.6) is 0 Å². The highest BCUT2D eigenvalue weighted by Gasteiger charge is 2.17. The summed E-state index contributed by atoms with van der Waals surface area (Å²) in [5, 5.41) is 0.820. The van der Waals surface area contributed by atoms with E-state index in [1.165, 1.54) is 5.69 Å². The smallest absolute Gasteiger partial charge is 0.0722 e. The minimum absolute atomic E-state index is 0.187. The Balaban J connectivity index is 2.09. The van der Waals surface area contributed by atoms with Gasteiger partial charge in [0.2, 0.25) is 0 Å². The number of halogens is 1. The van der Waals surface area contributed by atoms with Crippen molar-refractivity contribution in [3.8, 4) is 0 Å². The molecule has 106 valence electrons. The van der Waals surface area contributed by atoms with Crippen LogP contribution in [0.15, 0.2) is 18.2 Å². The topological polar surface area (TPSA) is 38.5 Å². The van der Waals surface area contributed by atoms with Gasteiger partial charge in [-0.15, -0.1) is 0 Å². The van der Waals surface area contributed by atoms with Crippen LogP contribution in [0, 0.1) is 0 Å². The van der Waals surface area contributed by atoms with Gasteiger partial charge in [-0.25, -0.2) is 0 Å². The number of rotatable bonds is 4. The van der Waals surface area contributed by atoms with Crippen LogP contribution < -0.4 is 10.6 Å². The van der Waals surface area contributed by atoms with Crippen LogP contribution in [0.4, 0.5) is 5.69 Å². The number of ether oxygens (including phenoxy) is 1. The molecule has 2 unspecified atom stereocenters. The van der Waals surface area contributed by atoms with Crippen LogP contribution in [0.2, 0.25) is 5.02 Å². The maximum Gasteiger partial charge on any atom is 0.0722 e. The summed E-state index contributed by atoms with van der Waals surface area (Å²) in [6, 6.07) is 6.48. The molecule has 2 atom stereocenters. The summed E-state index contributed by atoms with van der Waals surface area (Å²) in [5.74, 6) is 0. The monoisotopic (exact) mass is 282 g/mol. The van der Waals surface area contributed by atoms with Crippen molar-refractivity contribution in [1.29, 1.82) is 0 Å². The van der Waals surface area contributed by atoms with E-state index in [9.17, 15) is 0 Å². The van der Waals surface area contributed by atoms with Gasteiger partial charge in [0.25, 0.3) is 0 Å². The highest BCUT2D eigenvalue weighted by atomic mass is 35.5. The molecule has 1 fully saturated rings. The van der Waals surface area contributed by atoms with E-state index in [0.29, 0.717) is 0 Å². The lowest BCUT2D eigenvalue weighted by Gasteiger charge is -2.33. The van der Waals surface area contributed by atoms with Crippen molar-refractivity contribution < 1.29 is 4.74 Å². The van der Waals surface area contributed by atoms with Crippen molar-refractivity contribution in [3.05, 3.63) is 28.8 Å². The molecule has 0 amide bonds. The molecule has 2 N–H and O–H groups in total. The molecule has 4 heteroatoms. The number of nitrogens with two attached hydrogens (primary N) is 1. The van der Waals surface area contributed by atoms with Crippen LogP contribution in [0.3, 0.4) is 0 Å².